The Hall–Kier alpha value is -0.550. The van der Waals surface area contributed by atoms with E-state index in [2.05, 4.69) is 44.9 Å². The minimum absolute atomic E-state index is 0.262. The van der Waals surface area contributed by atoms with E-state index in [9.17, 15) is 0 Å². The van der Waals surface area contributed by atoms with Crippen LogP contribution in [0.5, 0.6) is 0 Å². The van der Waals surface area contributed by atoms with E-state index in [4.69, 9.17) is 0 Å². The van der Waals surface area contributed by atoms with Gasteiger partial charge in [0, 0.05) is 5.69 Å². The van der Waals surface area contributed by atoms with Crippen LogP contribution in [-0.2, 0) is 0 Å². The second-order valence-electron chi connectivity index (χ2n) is 5.68. The van der Waals surface area contributed by atoms with Crippen LogP contribution in [0.15, 0.2) is 30.3 Å². The van der Waals surface area contributed by atoms with Crippen molar-refractivity contribution in [2.75, 3.05) is 5.32 Å². The van der Waals surface area contributed by atoms with Crippen LogP contribution in [0.4, 0.5) is 5.69 Å². The van der Waals surface area contributed by atoms with Crippen molar-refractivity contribution < 1.29 is 0 Å². The second kappa shape index (κ2) is 4.61. The molecule has 0 heterocycles. The molecule has 0 radical (unpaired) electrons. The molecule has 0 aliphatic heterocycles. The Balaban J connectivity index is 1.84. The van der Waals surface area contributed by atoms with Gasteiger partial charge in [-0.25, -0.2) is 0 Å². The molecule has 2 aliphatic rings. The SMILES string of the molecule is PC1(Nc2ccccc2)C2CCCCC1CC2. The monoisotopic (exact) mass is 247 g/mol. The van der Waals surface area contributed by atoms with E-state index in [0.717, 1.165) is 11.8 Å². The van der Waals surface area contributed by atoms with Crippen molar-refractivity contribution in [1.29, 1.82) is 0 Å². The van der Waals surface area contributed by atoms with Crippen LogP contribution in [-0.4, -0.2) is 5.28 Å². The van der Waals surface area contributed by atoms with Gasteiger partial charge < -0.3 is 5.32 Å². The fraction of sp³-hybridized carbons (Fsp3) is 0.600. The highest BCUT2D eigenvalue weighted by Gasteiger charge is 2.47. The number of hydrogen-bond acceptors (Lipinski definition) is 1. The minimum atomic E-state index is 0.262. The zero-order valence-electron chi connectivity index (χ0n) is 10.4. The highest BCUT2D eigenvalue weighted by Crippen LogP contribution is 2.53. The first-order valence-corrected chi connectivity index (χ1v) is 7.49. The molecule has 2 bridgehead atoms. The molecule has 1 aromatic rings. The molecule has 3 unspecified atom stereocenters. The quantitative estimate of drug-likeness (QED) is 0.769. The lowest BCUT2D eigenvalue weighted by molar-refractivity contribution is 0.401. The van der Waals surface area contributed by atoms with Gasteiger partial charge in [0.2, 0.25) is 0 Å². The number of benzene rings is 1. The molecule has 2 fully saturated rings. The van der Waals surface area contributed by atoms with E-state index in [0.29, 0.717) is 0 Å². The fourth-order valence-electron chi connectivity index (χ4n) is 3.74. The summed E-state index contributed by atoms with van der Waals surface area (Å²) in [5.41, 5.74) is 1.28. The number of fused-ring (bicyclic) bond motifs is 2. The molecule has 1 aromatic carbocycles. The maximum atomic E-state index is 3.82. The first-order chi connectivity index (χ1) is 8.29. The third-order valence-corrected chi connectivity index (χ3v) is 5.79. The van der Waals surface area contributed by atoms with Gasteiger partial charge in [-0.1, -0.05) is 31.0 Å². The van der Waals surface area contributed by atoms with E-state index in [1.807, 2.05) is 0 Å². The molecule has 3 rings (SSSR count). The molecule has 2 aliphatic carbocycles. The molecule has 92 valence electrons. The van der Waals surface area contributed by atoms with Gasteiger partial charge in [-0.3, -0.25) is 0 Å². The molecule has 0 aromatic heterocycles. The van der Waals surface area contributed by atoms with Gasteiger partial charge in [0.1, 0.15) is 0 Å². The molecule has 17 heavy (non-hydrogen) atoms. The van der Waals surface area contributed by atoms with E-state index < -0.39 is 0 Å². The Kier molecular flexibility index (Phi) is 3.13. The third kappa shape index (κ3) is 2.10. The molecular formula is C15H22NP. The zero-order chi connectivity index (χ0) is 11.7. The lowest BCUT2D eigenvalue weighted by atomic mass is 9.94. The van der Waals surface area contributed by atoms with Crippen molar-refractivity contribution >= 4 is 14.9 Å². The third-order valence-electron chi connectivity index (χ3n) is 4.70. The van der Waals surface area contributed by atoms with Crippen LogP contribution < -0.4 is 5.32 Å². The van der Waals surface area contributed by atoms with Crippen molar-refractivity contribution in [2.45, 2.75) is 43.8 Å². The van der Waals surface area contributed by atoms with Crippen molar-refractivity contribution in [3.8, 4) is 0 Å². The second-order valence-corrected chi connectivity index (χ2v) is 6.64. The first-order valence-electron chi connectivity index (χ1n) is 6.91. The molecular weight excluding hydrogens is 225 g/mol. The van der Waals surface area contributed by atoms with Crippen LogP contribution in [0.3, 0.4) is 0 Å². The predicted octanol–water partition coefficient (Wildman–Crippen LogP) is 4.27. The Morgan fingerprint density at radius 3 is 2.12 bits per heavy atom. The van der Waals surface area contributed by atoms with E-state index in [-0.39, 0.29) is 5.28 Å². The highest BCUT2D eigenvalue weighted by atomic mass is 31.0. The summed E-state index contributed by atoms with van der Waals surface area (Å²) in [7, 11) is 3.18. The molecule has 2 saturated carbocycles. The van der Waals surface area contributed by atoms with Crippen LogP contribution in [0, 0.1) is 11.8 Å². The Morgan fingerprint density at radius 2 is 1.53 bits per heavy atom. The smallest absolute Gasteiger partial charge is 0.0567 e. The number of anilines is 1. The van der Waals surface area contributed by atoms with E-state index in [1.165, 1.54) is 44.2 Å². The number of nitrogens with one attached hydrogen (secondary N) is 1. The Labute approximate surface area is 107 Å². The van der Waals surface area contributed by atoms with E-state index >= 15 is 0 Å². The lowest BCUT2D eigenvalue weighted by Gasteiger charge is -2.37. The first kappa shape index (κ1) is 11.5. The zero-order valence-corrected chi connectivity index (χ0v) is 11.5. The average molecular weight is 247 g/mol. The number of rotatable bonds is 2. The summed E-state index contributed by atoms with van der Waals surface area (Å²) < 4.78 is 0. The molecule has 1 N–H and O–H groups in total. The van der Waals surface area contributed by atoms with Crippen LogP contribution >= 0.6 is 9.24 Å². The summed E-state index contributed by atoms with van der Waals surface area (Å²) in [5.74, 6) is 1.69. The molecule has 0 amide bonds. The van der Waals surface area contributed by atoms with Crippen molar-refractivity contribution in [3.63, 3.8) is 0 Å². The minimum Gasteiger partial charge on any atom is -0.376 e. The largest absolute Gasteiger partial charge is 0.376 e. The van der Waals surface area contributed by atoms with Gasteiger partial charge in [-0.05, 0) is 49.7 Å². The normalized spacial score (nSPS) is 36.5. The Bertz CT molecular complexity index is 362. The topological polar surface area (TPSA) is 12.0 Å². The molecule has 0 saturated heterocycles. The maximum absolute atomic E-state index is 3.82. The van der Waals surface area contributed by atoms with Crippen LogP contribution in [0.25, 0.3) is 0 Å². The molecule has 1 nitrogen and oxygen atoms in total. The standard InChI is InChI=1S/C15H22NP/c17-15(16-14-8-2-1-3-9-14)12-6-4-5-7-13(15)11-10-12/h1-3,8-9,12-13,16H,4-7,10-11,17H2. The summed E-state index contributed by atoms with van der Waals surface area (Å²) >= 11 is 0. The Morgan fingerprint density at radius 1 is 0.941 bits per heavy atom. The molecule has 3 atom stereocenters. The van der Waals surface area contributed by atoms with Gasteiger partial charge in [0.15, 0.2) is 0 Å². The average Bonchev–Trinajstić information content (AvgIpc) is 2.49. The summed E-state index contributed by atoms with van der Waals surface area (Å²) in [6.07, 6.45) is 8.48. The van der Waals surface area contributed by atoms with Gasteiger partial charge in [0.05, 0.1) is 5.28 Å². The predicted molar refractivity (Wildman–Crippen MR) is 77.2 cm³/mol. The maximum Gasteiger partial charge on any atom is 0.0567 e. The van der Waals surface area contributed by atoms with Gasteiger partial charge in [-0.2, -0.15) is 0 Å². The molecule has 2 heteroatoms. The highest BCUT2D eigenvalue weighted by molar-refractivity contribution is 7.19. The molecule has 0 spiro atoms. The van der Waals surface area contributed by atoms with Crippen molar-refractivity contribution in [3.05, 3.63) is 30.3 Å². The van der Waals surface area contributed by atoms with Gasteiger partial charge in [-0.15, -0.1) is 9.24 Å². The van der Waals surface area contributed by atoms with Gasteiger partial charge in [0.25, 0.3) is 0 Å². The van der Waals surface area contributed by atoms with E-state index in [1.54, 1.807) is 0 Å². The lowest BCUT2D eigenvalue weighted by Crippen LogP contribution is -2.40. The summed E-state index contributed by atoms with van der Waals surface area (Å²) in [6.45, 7) is 0. The van der Waals surface area contributed by atoms with Crippen LogP contribution in [0.1, 0.15) is 38.5 Å². The fourth-order valence-corrected chi connectivity index (χ4v) is 4.57. The summed E-state index contributed by atoms with van der Waals surface area (Å²) in [6, 6.07) is 10.7. The number of para-hydroxylation sites is 1. The summed E-state index contributed by atoms with van der Waals surface area (Å²) in [4.78, 5) is 0. The van der Waals surface area contributed by atoms with Crippen molar-refractivity contribution in [1.82, 2.24) is 0 Å². The van der Waals surface area contributed by atoms with Gasteiger partial charge >= 0.3 is 0 Å². The number of hydrogen-bond donors (Lipinski definition) is 1. The summed E-state index contributed by atoms with van der Waals surface area (Å²) in [5, 5.41) is 4.08. The van der Waals surface area contributed by atoms with Crippen LogP contribution in [0.2, 0.25) is 0 Å². The van der Waals surface area contributed by atoms with Crippen molar-refractivity contribution in [2.24, 2.45) is 11.8 Å².